The third-order valence-electron chi connectivity index (χ3n) is 2.13. The third kappa shape index (κ3) is 2.40. The Hall–Kier alpha value is -1.40. The number of rotatable bonds is 3. The average Bonchev–Trinajstić information content (AvgIpc) is 2.77. The maximum atomic E-state index is 12.9. The molecule has 0 aliphatic rings. The van der Waals surface area contributed by atoms with Gasteiger partial charge in [-0.05, 0) is 17.7 Å². The second-order valence-corrected chi connectivity index (χ2v) is 3.86. The second-order valence-electron chi connectivity index (χ2n) is 3.30. The van der Waals surface area contributed by atoms with Gasteiger partial charge < -0.3 is 5.11 Å². The molecule has 1 heterocycles. The van der Waals surface area contributed by atoms with Crippen molar-refractivity contribution in [3.8, 4) is 0 Å². The Morgan fingerprint density at radius 1 is 1.31 bits per heavy atom. The zero-order chi connectivity index (χ0) is 11.5. The molecule has 3 nitrogen and oxygen atoms in total. The normalized spacial score (nSPS) is 12.7. The predicted molar refractivity (Wildman–Crippen MR) is 54.9 cm³/mol. The summed E-state index contributed by atoms with van der Waals surface area (Å²) in [6, 6.07) is 3.54. The molecule has 0 bridgehead atoms. The van der Waals surface area contributed by atoms with Gasteiger partial charge in [0.2, 0.25) is 0 Å². The van der Waals surface area contributed by atoms with E-state index in [1.807, 2.05) is 0 Å². The molecule has 1 aromatic carbocycles. The highest BCUT2D eigenvalue weighted by molar-refractivity contribution is 6.99. The standard InChI is InChI=1S/C10H8F2N2OS/c11-7-2-1-6(3-8(7)12)4-10(15)9-5-13-16-14-9/h1-3,5,10,15H,4H2. The summed E-state index contributed by atoms with van der Waals surface area (Å²) in [6.07, 6.45) is 0.793. The molecular formula is C10H8F2N2OS. The molecule has 2 aromatic rings. The Morgan fingerprint density at radius 2 is 2.12 bits per heavy atom. The summed E-state index contributed by atoms with van der Waals surface area (Å²) in [5, 5.41) is 9.71. The lowest BCUT2D eigenvalue weighted by molar-refractivity contribution is 0.174. The first-order valence-electron chi connectivity index (χ1n) is 4.56. The van der Waals surface area contributed by atoms with Crippen molar-refractivity contribution in [2.75, 3.05) is 0 Å². The number of nitrogens with zero attached hydrogens (tertiary/aromatic N) is 2. The fourth-order valence-corrected chi connectivity index (χ4v) is 1.78. The fourth-order valence-electron chi connectivity index (χ4n) is 1.31. The number of halogens is 2. The van der Waals surface area contributed by atoms with E-state index >= 15 is 0 Å². The molecule has 1 aromatic heterocycles. The van der Waals surface area contributed by atoms with Crippen LogP contribution in [0.1, 0.15) is 17.4 Å². The summed E-state index contributed by atoms with van der Waals surface area (Å²) < 4.78 is 33.2. The van der Waals surface area contributed by atoms with Crippen LogP contribution in [0.3, 0.4) is 0 Å². The summed E-state index contributed by atoms with van der Waals surface area (Å²) >= 11 is 0.990. The number of aliphatic hydroxyl groups is 1. The summed E-state index contributed by atoms with van der Waals surface area (Å²) in [7, 11) is 0. The van der Waals surface area contributed by atoms with Gasteiger partial charge in [-0.2, -0.15) is 8.75 Å². The van der Waals surface area contributed by atoms with Crippen LogP contribution in [0, 0.1) is 11.6 Å². The van der Waals surface area contributed by atoms with E-state index in [-0.39, 0.29) is 6.42 Å². The van der Waals surface area contributed by atoms with E-state index in [0.717, 1.165) is 23.9 Å². The number of benzene rings is 1. The lowest BCUT2D eigenvalue weighted by Gasteiger charge is -2.07. The van der Waals surface area contributed by atoms with Gasteiger partial charge in [-0.25, -0.2) is 8.78 Å². The van der Waals surface area contributed by atoms with E-state index in [2.05, 4.69) is 8.75 Å². The van der Waals surface area contributed by atoms with Crippen LogP contribution in [0.25, 0.3) is 0 Å². The van der Waals surface area contributed by atoms with Gasteiger partial charge in [0.25, 0.3) is 0 Å². The lowest BCUT2D eigenvalue weighted by Crippen LogP contribution is -2.02. The molecular weight excluding hydrogens is 234 g/mol. The molecule has 1 N–H and O–H groups in total. The average molecular weight is 242 g/mol. The molecule has 0 saturated carbocycles. The van der Waals surface area contributed by atoms with Crippen molar-refractivity contribution in [3.63, 3.8) is 0 Å². The van der Waals surface area contributed by atoms with Crippen molar-refractivity contribution >= 4 is 11.7 Å². The molecule has 1 atom stereocenters. The molecule has 0 aliphatic heterocycles. The predicted octanol–water partition coefficient (Wildman–Crippen LogP) is 2.09. The van der Waals surface area contributed by atoms with Gasteiger partial charge in [0.15, 0.2) is 11.6 Å². The summed E-state index contributed by atoms with van der Waals surface area (Å²) in [4.78, 5) is 0. The molecule has 0 amide bonds. The van der Waals surface area contributed by atoms with Crippen molar-refractivity contribution < 1.29 is 13.9 Å². The van der Waals surface area contributed by atoms with Crippen molar-refractivity contribution in [1.82, 2.24) is 8.75 Å². The first-order chi connectivity index (χ1) is 7.66. The van der Waals surface area contributed by atoms with E-state index in [9.17, 15) is 13.9 Å². The highest BCUT2D eigenvalue weighted by Crippen LogP contribution is 2.18. The van der Waals surface area contributed by atoms with Crippen LogP contribution in [0.4, 0.5) is 8.78 Å². The van der Waals surface area contributed by atoms with Crippen molar-refractivity contribution in [2.24, 2.45) is 0 Å². The van der Waals surface area contributed by atoms with Crippen molar-refractivity contribution in [1.29, 1.82) is 0 Å². The van der Waals surface area contributed by atoms with Crippen LogP contribution in [-0.2, 0) is 6.42 Å². The molecule has 0 aliphatic carbocycles. The Labute approximate surface area is 94.7 Å². The van der Waals surface area contributed by atoms with Crippen molar-refractivity contribution in [2.45, 2.75) is 12.5 Å². The maximum Gasteiger partial charge on any atom is 0.159 e. The quantitative estimate of drug-likeness (QED) is 0.896. The zero-order valence-corrected chi connectivity index (χ0v) is 8.92. The summed E-state index contributed by atoms with van der Waals surface area (Å²) in [6.45, 7) is 0. The van der Waals surface area contributed by atoms with Gasteiger partial charge in [0, 0.05) is 6.42 Å². The Bertz CT molecular complexity index is 476. The number of aliphatic hydroxyl groups excluding tert-OH is 1. The van der Waals surface area contributed by atoms with Gasteiger partial charge in [0.1, 0.15) is 11.8 Å². The maximum absolute atomic E-state index is 12.9. The van der Waals surface area contributed by atoms with Crippen LogP contribution in [0.5, 0.6) is 0 Å². The van der Waals surface area contributed by atoms with Gasteiger partial charge in [-0.15, -0.1) is 0 Å². The molecule has 0 spiro atoms. The minimum atomic E-state index is -0.916. The smallest absolute Gasteiger partial charge is 0.159 e. The monoisotopic (exact) mass is 242 g/mol. The Morgan fingerprint density at radius 3 is 2.75 bits per heavy atom. The molecule has 2 rings (SSSR count). The molecule has 16 heavy (non-hydrogen) atoms. The van der Waals surface area contributed by atoms with E-state index in [1.54, 1.807) is 0 Å². The second kappa shape index (κ2) is 4.63. The topological polar surface area (TPSA) is 46.0 Å². The van der Waals surface area contributed by atoms with Gasteiger partial charge in [0.05, 0.1) is 17.9 Å². The van der Waals surface area contributed by atoms with E-state index in [1.165, 1.54) is 12.3 Å². The third-order valence-corrected chi connectivity index (χ3v) is 2.62. The fraction of sp³-hybridized carbons (Fsp3) is 0.200. The molecule has 6 heteroatoms. The minimum Gasteiger partial charge on any atom is -0.386 e. The lowest BCUT2D eigenvalue weighted by atomic mass is 10.1. The number of hydrogen-bond acceptors (Lipinski definition) is 4. The molecule has 0 radical (unpaired) electrons. The van der Waals surface area contributed by atoms with E-state index < -0.39 is 17.7 Å². The van der Waals surface area contributed by atoms with Crippen molar-refractivity contribution in [3.05, 3.63) is 47.3 Å². The van der Waals surface area contributed by atoms with Gasteiger partial charge in [-0.1, -0.05) is 6.07 Å². The zero-order valence-electron chi connectivity index (χ0n) is 8.10. The molecule has 1 unspecified atom stereocenters. The van der Waals surface area contributed by atoms with Gasteiger partial charge >= 0.3 is 0 Å². The largest absolute Gasteiger partial charge is 0.386 e. The highest BCUT2D eigenvalue weighted by atomic mass is 32.1. The first kappa shape index (κ1) is 11.1. The summed E-state index contributed by atoms with van der Waals surface area (Å²) in [5.74, 6) is -1.81. The van der Waals surface area contributed by atoms with Crippen LogP contribution in [-0.4, -0.2) is 13.9 Å². The van der Waals surface area contributed by atoms with E-state index in [4.69, 9.17) is 0 Å². The van der Waals surface area contributed by atoms with Crippen LogP contribution in [0.2, 0.25) is 0 Å². The number of aromatic nitrogens is 2. The Kier molecular flexibility index (Phi) is 3.21. The number of hydrogen-bond donors (Lipinski definition) is 1. The molecule has 0 fully saturated rings. The minimum absolute atomic E-state index is 0.183. The first-order valence-corrected chi connectivity index (χ1v) is 5.29. The van der Waals surface area contributed by atoms with Crippen LogP contribution >= 0.6 is 11.7 Å². The van der Waals surface area contributed by atoms with Crippen LogP contribution in [0.15, 0.2) is 24.4 Å². The SMILES string of the molecule is OC(Cc1ccc(F)c(F)c1)c1cnsn1. The highest BCUT2D eigenvalue weighted by Gasteiger charge is 2.12. The van der Waals surface area contributed by atoms with Crippen LogP contribution < -0.4 is 0 Å². The van der Waals surface area contributed by atoms with Gasteiger partial charge in [-0.3, -0.25) is 0 Å². The summed E-state index contributed by atoms with van der Waals surface area (Å²) in [5.41, 5.74) is 0.953. The van der Waals surface area contributed by atoms with E-state index in [0.29, 0.717) is 11.3 Å². The molecule has 0 saturated heterocycles. The Balaban J connectivity index is 2.12. The molecule has 84 valence electrons.